The average Bonchev–Trinajstić information content (AvgIpc) is 2.74. The van der Waals surface area contributed by atoms with Crippen LogP contribution in [0.1, 0.15) is 18.0 Å². The molecule has 3 N–H and O–H groups in total. The molecule has 0 bridgehead atoms. The number of benzene rings is 1. The van der Waals surface area contributed by atoms with E-state index in [2.05, 4.69) is 29.7 Å². The Kier molecular flexibility index (Phi) is 3.45. The standard InChI is InChI=1S/C11H16N2S/c12-13-11(10-6-7-14-8-10)9-4-2-1-3-5-9/h1-5,10-11,13H,6-8,12H2. The van der Waals surface area contributed by atoms with E-state index in [-0.39, 0.29) is 0 Å². The Bertz CT molecular complexity index is 270. The lowest BCUT2D eigenvalue weighted by atomic mass is 9.93. The highest BCUT2D eigenvalue weighted by atomic mass is 32.2. The third-order valence-electron chi connectivity index (χ3n) is 2.77. The fourth-order valence-corrected chi connectivity index (χ4v) is 3.28. The summed E-state index contributed by atoms with van der Waals surface area (Å²) in [5.41, 5.74) is 4.25. The van der Waals surface area contributed by atoms with Gasteiger partial charge in [-0.05, 0) is 29.4 Å². The molecule has 1 aromatic carbocycles. The van der Waals surface area contributed by atoms with Crippen molar-refractivity contribution in [2.75, 3.05) is 11.5 Å². The fraction of sp³-hybridized carbons (Fsp3) is 0.455. The minimum atomic E-state index is 0.325. The molecular weight excluding hydrogens is 192 g/mol. The number of nitrogens with two attached hydrogens (primary N) is 1. The molecular formula is C11H16N2S. The summed E-state index contributed by atoms with van der Waals surface area (Å²) in [5, 5.41) is 0. The van der Waals surface area contributed by atoms with Gasteiger partial charge in [0.25, 0.3) is 0 Å². The maximum Gasteiger partial charge on any atom is 0.0496 e. The highest BCUT2D eigenvalue weighted by molar-refractivity contribution is 7.99. The van der Waals surface area contributed by atoms with Crippen LogP contribution in [0.3, 0.4) is 0 Å². The van der Waals surface area contributed by atoms with Gasteiger partial charge in [-0.2, -0.15) is 11.8 Å². The molecule has 1 aliphatic rings. The number of rotatable bonds is 3. The van der Waals surface area contributed by atoms with E-state index in [4.69, 9.17) is 5.84 Å². The third-order valence-corrected chi connectivity index (χ3v) is 3.96. The summed E-state index contributed by atoms with van der Waals surface area (Å²) in [6.45, 7) is 0. The molecule has 1 aromatic rings. The van der Waals surface area contributed by atoms with Gasteiger partial charge in [0.1, 0.15) is 0 Å². The van der Waals surface area contributed by atoms with Crippen molar-refractivity contribution in [3.8, 4) is 0 Å². The van der Waals surface area contributed by atoms with Crippen LogP contribution in [0.4, 0.5) is 0 Å². The van der Waals surface area contributed by atoms with Crippen molar-refractivity contribution in [2.24, 2.45) is 11.8 Å². The molecule has 0 aromatic heterocycles. The predicted octanol–water partition coefficient (Wildman–Crippen LogP) is 1.94. The molecule has 3 heteroatoms. The lowest BCUT2D eigenvalue weighted by molar-refractivity contribution is 0.400. The van der Waals surface area contributed by atoms with E-state index in [9.17, 15) is 0 Å². The van der Waals surface area contributed by atoms with Crippen LogP contribution in [0.5, 0.6) is 0 Å². The number of hydrazine groups is 1. The number of hydrogen-bond acceptors (Lipinski definition) is 3. The second-order valence-corrected chi connectivity index (χ2v) is 4.83. The summed E-state index contributed by atoms with van der Waals surface area (Å²) in [6, 6.07) is 10.8. The van der Waals surface area contributed by atoms with Gasteiger partial charge in [-0.3, -0.25) is 11.3 Å². The Labute approximate surface area is 89.2 Å². The highest BCUT2D eigenvalue weighted by Gasteiger charge is 2.25. The van der Waals surface area contributed by atoms with E-state index >= 15 is 0 Å². The second kappa shape index (κ2) is 4.82. The van der Waals surface area contributed by atoms with E-state index in [1.54, 1.807) is 0 Å². The van der Waals surface area contributed by atoms with E-state index in [1.807, 2.05) is 17.8 Å². The molecule has 0 amide bonds. The van der Waals surface area contributed by atoms with Crippen molar-refractivity contribution < 1.29 is 0 Å². The van der Waals surface area contributed by atoms with Crippen LogP contribution in [-0.2, 0) is 0 Å². The van der Waals surface area contributed by atoms with Crippen LogP contribution >= 0.6 is 11.8 Å². The Morgan fingerprint density at radius 3 is 2.71 bits per heavy atom. The van der Waals surface area contributed by atoms with Crippen molar-refractivity contribution in [1.29, 1.82) is 0 Å². The van der Waals surface area contributed by atoms with E-state index in [1.165, 1.54) is 23.5 Å². The monoisotopic (exact) mass is 208 g/mol. The van der Waals surface area contributed by atoms with Crippen molar-refractivity contribution in [1.82, 2.24) is 5.43 Å². The van der Waals surface area contributed by atoms with Crippen molar-refractivity contribution >= 4 is 11.8 Å². The van der Waals surface area contributed by atoms with Crippen molar-refractivity contribution in [2.45, 2.75) is 12.5 Å². The van der Waals surface area contributed by atoms with Gasteiger partial charge in [-0.15, -0.1) is 0 Å². The lowest BCUT2D eigenvalue weighted by Gasteiger charge is -2.22. The molecule has 2 unspecified atom stereocenters. The first kappa shape index (κ1) is 10.0. The fourth-order valence-electron chi connectivity index (χ4n) is 1.98. The SMILES string of the molecule is NNC(c1ccccc1)C1CCSC1. The zero-order chi connectivity index (χ0) is 9.80. The Morgan fingerprint density at radius 1 is 1.36 bits per heavy atom. The van der Waals surface area contributed by atoms with Gasteiger partial charge in [-0.1, -0.05) is 30.3 Å². The maximum absolute atomic E-state index is 5.63. The zero-order valence-corrected chi connectivity index (χ0v) is 8.96. The number of nitrogens with one attached hydrogen (secondary N) is 1. The van der Waals surface area contributed by atoms with Gasteiger partial charge < -0.3 is 0 Å². The van der Waals surface area contributed by atoms with E-state index in [0.29, 0.717) is 12.0 Å². The zero-order valence-electron chi connectivity index (χ0n) is 8.15. The first-order chi connectivity index (χ1) is 6.92. The van der Waals surface area contributed by atoms with Gasteiger partial charge in [0.2, 0.25) is 0 Å². The molecule has 0 spiro atoms. The quantitative estimate of drug-likeness (QED) is 0.589. The van der Waals surface area contributed by atoms with Gasteiger partial charge in [0, 0.05) is 6.04 Å². The van der Waals surface area contributed by atoms with Crippen LogP contribution in [0, 0.1) is 5.92 Å². The first-order valence-electron chi connectivity index (χ1n) is 5.00. The molecule has 0 aliphatic carbocycles. The molecule has 2 nitrogen and oxygen atoms in total. The van der Waals surface area contributed by atoms with Crippen LogP contribution in [0.15, 0.2) is 30.3 Å². The summed E-state index contributed by atoms with van der Waals surface area (Å²) in [5.74, 6) is 8.81. The summed E-state index contributed by atoms with van der Waals surface area (Å²) in [7, 11) is 0. The number of hydrogen-bond donors (Lipinski definition) is 2. The van der Waals surface area contributed by atoms with Gasteiger partial charge >= 0.3 is 0 Å². The molecule has 0 radical (unpaired) electrons. The Morgan fingerprint density at radius 2 is 2.14 bits per heavy atom. The molecule has 1 saturated heterocycles. The van der Waals surface area contributed by atoms with Crippen LogP contribution in [0.2, 0.25) is 0 Å². The van der Waals surface area contributed by atoms with Crippen LogP contribution in [-0.4, -0.2) is 11.5 Å². The minimum Gasteiger partial charge on any atom is -0.271 e. The van der Waals surface area contributed by atoms with Crippen LogP contribution < -0.4 is 11.3 Å². The molecule has 1 heterocycles. The second-order valence-electron chi connectivity index (χ2n) is 3.68. The topological polar surface area (TPSA) is 38.0 Å². The number of thioether (sulfide) groups is 1. The van der Waals surface area contributed by atoms with Gasteiger partial charge in [-0.25, -0.2) is 0 Å². The minimum absolute atomic E-state index is 0.325. The largest absolute Gasteiger partial charge is 0.271 e. The molecule has 2 atom stereocenters. The maximum atomic E-state index is 5.63. The molecule has 2 rings (SSSR count). The smallest absolute Gasteiger partial charge is 0.0496 e. The predicted molar refractivity (Wildman–Crippen MR) is 61.9 cm³/mol. The lowest BCUT2D eigenvalue weighted by Crippen LogP contribution is -2.33. The summed E-state index contributed by atoms with van der Waals surface area (Å²) < 4.78 is 0. The van der Waals surface area contributed by atoms with E-state index in [0.717, 1.165) is 0 Å². The van der Waals surface area contributed by atoms with Crippen LogP contribution in [0.25, 0.3) is 0 Å². The first-order valence-corrected chi connectivity index (χ1v) is 6.16. The molecule has 0 saturated carbocycles. The van der Waals surface area contributed by atoms with Gasteiger partial charge in [0.05, 0.1) is 0 Å². The van der Waals surface area contributed by atoms with Gasteiger partial charge in [0.15, 0.2) is 0 Å². The summed E-state index contributed by atoms with van der Waals surface area (Å²) >= 11 is 2.02. The summed E-state index contributed by atoms with van der Waals surface area (Å²) in [4.78, 5) is 0. The Hall–Kier alpha value is -0.510. The molecule has 1 fully saturated rings. The van der Waals surface area contributed by atoms with Crippen molar-refractivity contribution in [3.05, 3.63) is 35.9 Å². The normalized spacial score (nSPS) is 23.6. The molecule has 14 heavy (non-hydrogen) atoms. The Balaban J connectivity index is 2.12. The van der Waals surface area contributed by atoms with E-state index < -0.39 is 0 Å². The summed E-state index contributed by atoms with van der Waals surface area (Å²) in [6.07, 6.45) is 1.27. The highest BCUT2D eigenvalue weighted by Crippen LogP contribution is 2.33. The third kappa shape index (κ3) is 2.11. The molecule has 1 aliphatic heterocycles. The average molecular weight is 208 g/mol. The van der Waals surface area contributed by atoms with Crippen molar-refractivity contribution in [3.63, 3.8) is 0 Å². The molecule has 76 valence electrons.